The number of aryl methyl sites for hydroxylation is 1. The predicted molar refractivity (Wildman–Crippen MR) is 92.5 cm³/mol. The molecule has 2 fully saturated rings. The number of nitrogens with zero attached hydrogens (tertiary/aromatic N) is 3. The summed E-state index contributed by atoms with van der Waals surface area (Å²) >= 11 is 0. The summed E-state index contributed by atoms with van der Waals surface area (Å²) in [6, 6.07) is 6.52. The van der Waals surface area contributed by atoms with Crippen molar-refractivity contribution in [3.63, 3.8) is 0 Å². The van der Waals surface area contributed by atoms with Crippen molar-refractivity contribution in [3.05, 3.63) is 35.5 Å². The van der Waals surface area contributed by atoms with E-state index in [1.807, 2.05) is 0 Å². The number of morpholine rings is 1. The maximum absolute atomic E-state index is 5.42. The molecule has 2 heterocycles. The summed E-state index contributed by atoms with van der Waals surface area (Å²) in [7, 11) is 0. The van der Waals surface area contributed by atoms with Gasteiger partial charge in [0, 0.05) is 30.4 Å². The van der Waals surface area contributed by atoms with E-state index < -0.39 is 0 Å². The van der Waals surface area contributed by atoms with E-state index in [1.54, 1.807) is 0 Å². The molecule has 128 valence electrons. The number of nitrogens with one attached hydrogen (secondary N) is 1. The molecule has 1 aliphatic heterocycles. The van der Waals surface area contributed by atoms with Gasteiger partial charge in [-0.25, -0.2) is 0 Å². The molecule has 1 aliphatic carbocycles. The van der Waals surface area contributed by atoms with E-state index in [0.29, 0.717) is 11.8 Å². The highest BCUT2D eigenvalue weighted by Crippen LogP contribution is 2.38. The number of anilines is 2. The Balaban J connectivity index is 1.44. The number of hydrogen-bond donors (Lipinski definition) is 1. The third-order valence-corrected chi connectivity index (χ3v) is 4.73. The summed E-state index contributed by atoms with van der Waals surface area (Å²) in [4.78, 5) is 6.89. The molecule has 1 saturated heterocycles. The zero-order valence-electron chi connectivity index (χ0n) is 14.3. The lowest BCUT2D eigenvalue weighted by atomic mass is 10.1. The summed E-state index contributed by atoms with van der Waals surface area (Å²) in [6.07, 6.45) is 2.37. The molecule has 1 N–H and O–H groups in total. The maximum Gasteiger partial charge on any atom is 0.248 e. The van der Waals surface area contributed by atoms with Crippen molar-refractivity contribution in [2.24, 2.45) is 0 Å². The van der Waals surface area contributed by atoms with Gasteiger partial charge in [0.2, 0.25) is 5.89 Å². The standard InChI is InChI=1S/C18H24N4O2/c1-12-11-15(22-7-9-23-10-8-22)5-6-16(12)19-13(2)18-20-17(21-24-18)14-3-4-14/h5-6,11,13-14,19H,3-4,7-10H2,1-2H3/t13-/m1/s1. The van der Waals surface area contributed by atoms with Crippen molar-refractivity contribution in [1.82, 2.24) is 10.1 Å². The van der Waals surface area contributed by atoms with Gasteiger partial charge in [0.05, 0.1) is 13.2 Å². The van der Waals surface area contributed by atoms with Crippen LogP contribution in [0.1, 0.15) is 49.0 Å². The van der Waals surface area contributed by atoms with Crippen LogP contribution in [0, 0.1) is 6.92 Å². The Hall–Kier alpha value is -2.08. The molecule has 0 unspecified atom stereocenters. The van der Waals surface area contributed by atoms with Crippen LogP contribution in [0.2, 0.25) is 0 Å². The molecule has 2 aliphatic rings. The minimum absolute atomic E-state index is 0.00191. The third-order valence-electron chi connectivity index (χ3n) is 4.73. The van der Waals surface area contributed by atoms with Gasteiger partial charge in [-0.1, -0.05) is 5.16 Å². The fourth-order valence-corrected chi connectivity index (χ4v) is 3.05. The van der Waals surface area contributed by atoms with E-state index in [-0.39, 0.29) is 6.04 Å². The molecule has 1 atom stereocenters. The van der Waals surface area contributed by atoms with E-state index >= 15 is 0 Å². The second kappa shape index (κ2) is 6.43. The van der Waals surface area contributed by atoms with Gasteiger partial charge in [0.25, 0.3) is 0 Å². The van der Waals surface area contributed by atoms with Crippen LogP contribution in [0.15, 0.2) is 22.7 Å². The molecule has 0 spiro atoms. The normalized spacial score (nSPS) is 19.3. The second-order valence-electron chi connectivity index (χ2n) is 6.73. The number of rotatable bonds is 5. The Bertz CT molecular complexity index is 705. The molecule has 24 heavy (non-hydrogen) atoms. The Morgan fingerprint density at radius 2 is 2.04 bits per heavy atom. The zero-order chi connectivity index (χ0) is 16.5. The van der Waals surface area contributed by atoms with Gasteiger partial charge in [-0.2, -0.15) is 4.98 Å². The van der Waals surface area contributed by atoms with Crippen LogP contribution in [0.25, 0.3) is 0 Å². The third kappa shape index (κ3) is 3.24. The molecule has 6 heteroatoms. The van der Waals surface area contributed by atoms with E-state index in [0.717, 1.165) is 37.8 Å². The Kier molecular flexibility index (Phi) is 4.14. The van der Waals surface area contributed by atoms with Crippen molar-refractivity contribution < 1.29 is 9.26 Å². The summed E-state index contributed by atoms with van der Waals surface area (Å²) in [5, 5.41) is 7.58. The molecule has 1 aromatic heterocycles. The first-order valence-electron chi connectivity index (χ1n) is 8.74. The van der Waals surface area contributed by atoms with E-state index in [4.69, 9.17) is 9.26 Å². The summed E-state index contributed by atoms with van der Waals surface area (Å²) in [6.45, 7) is 7.69. The van der Waals surface area contributed by atoms with Gasteiger partial charge in [-0.05, 0) is 50.5 Å². The van der Waals surface area contributed by atoms with Crippen LogP contribution in [0.3, 0.4) is 0 Å². The molecule has 0 amide bonds. The highest BCUT2D eigenvalue weighted by molar-refractivity contribution is 5.60. The first-order chi connectivity index (χ1) is 11.7. The van der Waals surface area contributed by atoms with Gasteiger partial charge in [-0.15, -0.1) is 0 Å². The monoisotopic (exact) mass is 328 g/mol. The number of aromatic nitrogens is 2. The number of hydrogen-bond acceptors (Lipinski definition) is 6. The van der Waals surface area contributed by atoms with E-state index in [9.17, 15) is 0 Å². The molecule has 6 nitrogen and oxygen atoms in total. The van der Waals surface area contributed by atoms with Gasteiger partial charge in [0.15, 0.2) is 5.82 Å². The highest BCUT2D eigenvalue weighted by Gasteiger charge is 2.29. The van der Waals surface area contributed by atoms with Crippen molar-refractivity contribution in [2.45, 2.75) is 38.6 Å². The van der Waals surface area contributed by atoms with E-state index in [1.165, 1.54) is 24.1 Å². The topological polar surface area (TPSA) is 63.4 Å². The second-order valence-corrected chi connectivity index (χ2v) is 6.73. The van der Waals surface area contributed by atoms with Gasteiger partial charge in [0.1, 0.15) is 6.04 Å². The van der Waals surface area contributed by atoms with Crippen molar-refractivity contribution in [3.8, 4) is 0 Å². The average Bonchev–Trinajstić information content (AvgIpc) is 3.34. The predicted octanol–water partition coefficient (Wildman–Crippen LogP) is 3.27. The molecule has 1 saturated carbocycles. The number of benzene rings is 1. The van der Waals surface area contributed by atoms with Crippen LogP contribution in [0.4, 0.5) is 11.4 Å². The molecule has 1 aromatic carbocycles. The first kappa shape index (κ1) is 15.4. The fraction of sp³-hybridized carbons (Fsp3) is 0.556. The summed E-state index contributed by atoms with van der Waals surface area (Å²) in [5.74, 6) is 2.04. The highest BCUT2D eigenvalue weighted by atomic mass is 16.5. The van der Waals surface area contributed by atoms with Crippen LogP contribution < -0.4 is 10.2 Å². The Labute approximate surface area is 142 Å². The van der Waals surface area contributed by atoms with Gasteiger partial charge < -0.3 is 19.5 Å². The fourth-order valence-electron chi connectivity index (χ4n) is 3.05. The molecular weight excluding hydrogens is 304 g/mol. The van der Waals surface area contributed by atoms with Crippen molar-refractivity contribution >= 4 is 11.4 Å². The minimum atomic E-state index is -0.00191. The van der Waals surface area contributed by atoms with E-state index in [2.05, 4.69) is 52.4 Å². The zero-order valence-corrected chi connectivity index (χ0v) is 14.3. The molecule has 0 bridgehead atoms. The molecule has 0 radical (unpaired) electrons. The lowest BCUT2D eigenvalue weighted by Gasteiger charge is -2.29. The quantitative estimate of drug-likeness (QED) is 0.909. The number of ether oxygens (including phenoxy) is 1. The Morgan fingerprint density at radius 1 is 1.25 bits per heavy atom. The van der Waals surface area contributed by atoms with Crippen LogP contribution in [0.5, 0.6) is 0 Å². The summed E-state index contributed by atoms with van der Waals surface area (Å²) < 4.78 is 10.8. The van der Waals surface area contributed by atoms with Gasteiger partial charge in [-0.3, -0.25) is 0 Å². The van der Waals surface area contributed by atoms with Gasteiger partial charge >= 0.3 is 0 Å². The Morgan fingerprint density at radius 3 is 2.75 bits per heavy atom. The van der Waals surface area contributed by atoms with Crippen molar-refractivity contribution in [2.75, 3.05) is 36.5 Å². The summed E-state index contributed by atoms with van der Waals surface area (Å²) in [5.41, 5.74) is 3.57. The van der Waals surface area contributed by atoms with Crippen LogP contribution in [-0.2, 0) is 4.74 Å². The van der Waals surface area contributed by atoms with Crippen molar-refractivity contribution in [1.29, 1.82) is 0 Å². The molecular formula is C18H24N4O2. The maximum atomic E-state index is 5.42. The lowest BCUT2D eigenvalue weighted by Crippen LogP contribution is -2.36. The molecule has 2 aromatic rings. The minimum Gasteiger partial charge on any atom is -0.378 e. The smallest absolute Gasteiger partial charge is 0.248 e. The SMILES string of the molecule is Cc1cc(N2CCOCC2)ccc1N[C@H](C)c1nc(C2CC2)no1. The van der Waals surface area contributed by atoms with Crippen LogP contribution in [-0.4, -0.2) is 36.4 Å². The largest absolute Gasteiger partial charge is 0.378 e. The average molecular weight is 328 g/mol. The lowest BCUT2D eigenvalue weighted by molar-refractivity contribution is 0.122. The first-order valence-corrected chi connectivity index (χ1v) is 8.74. The molecule has 4 rings (SSSR count). The van der Waals surface area contributed by atoms with Crippen LogP contribution >= 0.6 is 0 Å².